The van der Waals surface area contributed by atoms with E-state index in [1.54, 1.807) is 18.2 Å². The summed E-state index contributed by atoms with van der Waals surface area (Å²) in [5.41, 5.74) is 1.48. The predicted molar refractivity (Wildman–Crippen MR) is 59.8 cm³/mol. The third kappa shape index (κ3) is 1.83. The molecule has 1 aromatic heterocycles. The van der Waals surface area contributed by atoms with Crippen molar-refractivity contribution in [3.63, 3.8) is 0 Å². The number of carbonyl (C=O) groups excluding carboxylic acids is 1. The topological polar surface area (TPSA) is 17.1 Å². The number of hydrogen-bond acceptors (Lipinski definition) is 2. The number of benzene rings is 1. The lowest BCUT2D eigenvalue weighted by molar-refractivity contribution is 0.112. The maximum Gasteiger partial charge on any atom is 0.160 e. The van der Waals surface area contributed by atoms with Crippen LogP contribution in [0.25, 0.3) is 10.4 Å². The van der Waals surface area contributed by atoms with E-state index in [-0.39, 0.29) is 5.82 Å². The molecular formula is C12H9FOS. The lowest BCUT2D eigenvalue weighted by Crippen LogP contribution is -1.85. The van der Waals surface area contributed by atoms with Gasteiger partial charge in [-0.15, -0.1) is 11.3 Å². The molecule has 1 nitrogen and oxygen atoms in total. The van der Waals surface area contributed by atoms with Gasteiger partial charge in [-0.1, -0.05) is 12.1 Å². The maximum absolute atomic E-state index is 13.6. The van der Waals surface area contributed by atoms with Crippen LogP contribution in [0.1, 0.15) is 15.2 Å². The van der Waals surface area contributed by atoms with Gasteiger partial charge in [0.1, 0.15) is 5.82 Å². The minimum absolute atomic E-state index is 0.241. The first kappa shape index (κ1) is 10.1. The fourth-order valence-electron chi connectivity index (χ4n) is 1.49. The van der Waals surface area contributed by atoms with Crippen molar-refractivity contribution >= 4 is 17.6 Å². The monoisotopic (exact) mass is 220 g/mol. The number of aldehydes is 1. The maximum atomic E-state index is 13.6. The lowest BCUT2D eigenvalue weighted by atomic mass is 10.1. The molecule has 76 valence electrons. The molecule has 0 aliphatic heterocycles. The Labute approximate surface area is 91.2 Å². The molecule has 0 aliphatic rings. The van der Waals surface area contributed by atoms with Crippen LogP contribution in [0.15, 0.2) is 30.3 Å². The number of halogens is 1. The number of aryl methyl sites for hydroxylation is 1. The summed E-state index contributed by atoms with van der Waals surface area (Å²) in [5, 5.41) is 0. The highest BCUT2D eigenvalue weighted by Crippen LogP contribution is 2.31. The summed E-state index contributed by atoms with van der Waals surface area (Å²) in [7, 11) is 0. The highest BCUT2D eigenvalue weighted by atomic mass is 32.1. The van der Waals surface area contributed by atoms with Gasteiger partial charge in [0.2, 0.25) is 0 Å². The molecule has 0 fully saturated rings. The zero-order valence-corrected chi connectivity index (χ0v) is 8.98. The van der Waals surface area contributed by atoms with Crippen molar-refractivity contribution in [1.82, 2.24) is 0 Å². The zero-order chi connectivity index (χ0) is 10.8. The second-order valence-corrected chi connectivity index (χ2v) is 4.37. The molecule has 0 radical (unpaired) electrons. The van der Waals surface area contributed by atoms with Crippen LogP contribution in [-0.2, 0) is 0 Å². The Morgan fingerprint density at radius 1 is 1.27 bits per heavy atom. The van der Waals surface area contributed by atoms with E-state index in [2.05, 4.69) is 0 Å². The van der Waals surface area contributed by atoms with Crippen molar-refractivity contribution in [2.24, 2.45) is 0 Å². The summed E-state index contributed by atoms with van der Waals surface area (Å²) in [6.07, 6.45) is 0.782. The first-order valence-electron chi connectivity index (χ1n) is 4.53. The molecule has 0 atom stereocenters. The van der Waals surface area contributed by atoms with Crippen LogP contribution in [0, 0.1) is 12.7 Å². The van der Waals surface area contributed by atoms with Gasteiger partial charge in [0.05, 0.1) is 4.88 Å². The minimum atomic E-state index is -0.241. The Bertz CT molecular complexity index is 482. The average Bonchev–Trinajstić information content (AvgIpc) is 2.66. The van der Waals surface area contributed by atoms with Gasteiger partial charge in [0.15, 0.2) is 6.29 Å². The van der Waals surface area contributed by atoms with Crippen LogP contribution in [-0.4, -0.2) is 6.29 Å². The molecule has 0 saturated carbocycles. The van der Waals surface area contributed by atoms with E-state index < -0.39 is 0 Å². The van der Waals surface area contributed by atoms with Crippen molar-refractivity contribution in [1.29, 1.82) is 0 Å². The van der Waals surface area contributed by atoms with E-state index in [4.69, 9.17) is 0 Å². The molecular weight excluding hydrogens is 211 g/mol. The third-order valence-electron chi connectivity index (χ3n) is 2.21. The lowest BCUT2D eigenvalue weighted by Gasteiger charge is -2.03. The molecule has 0 bridgehead atoms. The first-order chi connectivity index (χ1) is 7.22. The van der Waals surface area contributed by atoms with Crippen molar-refractivity contribution in [3.8, 4) is 10.4 Å². The summed E-state index contributed by atoms with van der Waals surface area (Å²) in [5.74, 6) is -0.241. The van der Waals surface area contributed by atoms with Gasteiger partial charge < -0.3 is 0 Å². The fraction of sp³-hybridized carbons (Fsp3) is 0.0833. The summed E-state index contributed by atoms with van der Waals surface area (Å²) in [6, 6.07) is 8.46. The van der Waals surface area contributed by atoms with E-state index >= 15 is 0 Å². The molecule has 2 aromatic rings. The summed E-state index contributed by atoms with van der Waals surface area (Å²) >= 11 is 1.31. The van der Waals surface area contributed by atoms with Crippen LogP contribution in [0.2, 0.25) is 0 Å². The Balaban J connectivity index is 2.58. The SMILES string of the molecule is Cc1cccc(F)c1-c1ccc(C=O)s1. The molecule has 0 saturated heterocycles. The Hall–Kier alpha value is -1.48. The highest BCUT2D eigenvalue weighted by molar-refractivity contribution is 7.17. The number of rotatable bonds is 2. The van der Waals surface area contributed by atoms with Gasteiger partial charge in [-0.05, 0) is 30.7 Å². The number of hydrogen-bond donors (Lipinski definition) is 0. The molecule has 1 aromatic carbocycles. The number of carbonyl (C=O) groups is 1. The Kier molecular flexibility index (Phi) is 2.64. The van der Waals surface area contributed by atoms with Gasteiger partial charge >= 0.3 is 0 Å². The van der Waals surface area contributed by atoms with E-state index in [0.29, 0.717) is 10.4 Å². The summed E-state index contributed by atoms with van der Waals surface area (Å²) in [4.78, 5) is 12.0. The largest absolute Gasteiger partial charge is 0.297 e. The van der Waals surface area contributed by atoms with Gasteiger partial charge in [-0.2, -0.15) is 0 Å². The van der Waals surface area contributed by atoms with Gasteiger partial charge in [-0.25, -0.2) is 4.39 Å². The standard InChI is InChI=1S/C12H9FOS/c1-8-3-2-4-10(13)12(8)11-6-5-9(7-14)15-11/h2-7H,1H3. The molecule has 0 aliphatic carbocycles. The minimum Gasteiger partial charge on any atom is -0.297 e. The van der Waals surface area contributed by atoms with Gasteiger partial charge in [0, 0.05) is 10.4 Å². The summed E-state index contributed by atoms with van der Waals surface area (Å²) < 4.78 is 13.6. The number of thiophene rings is 1. The molecule has 0 N–H and O–H groups in total. The van der Waals surface area contributed by atoms with E-state index in [1.165, 1.54) is 17.4 Å². The summed E-state index contributed by atoms with van der Waals surface area (Å²) in [6.45, 7) is 1.86. The van der Waals surface area contributed by atoms with E-state index in [0.717, 1.165) is 16.7 Å². The van der Waals surface area contributed by atoms with Crippen LogP contribution in [0.3, 0.4) is 0 Å². The third-order valence-corrected chi connectivity index (χ3v) is 3.24. The molecule has 2 rings (SSSR count). The quantitative estimate of drug-likeness (QED) is 0.706. The van der Waals surface area contributed by atoms with E-state index in [1.807, 2.05) is 13.0 Å². The van der Waals surface area contributed by atoms with Crippen LogP contribution >= 0.6 is 11.3 Å². The smallest absolute Gasteiger partial charge is 0.160 e. The van der Waals surface area contributed by atoms with Crippen LogP contribution in [0.5, 0.6) is 0 Å². The molecule has 3 heteroatoms. The van der Waals surface area contributed by atoms with E-state index in [9.17, 15) is 9.18 Å². The molecule has 15 heavy (non-hydrogen) atoms. The molecule has 0 amide bonds. The Morgan fingerprint density at radius 3 is 2.67 bits per heavy atom. The highest BCUT2D eigenvalue weighted by Gasteiger charge is 2.10. The molecule has 0 spiro atoms. The van der Waals surface area contributed by atoms with Gasteiger partial charge in [-0.3, -0.25) is 4.79 Å². The normalized spacial score (nSPS) is 10.3. The van der Waals surface area contributed by atoms with Crippen molar-refractivity contribution in [3.05, 3.63) is 46.6 Å². The molecule has 0 unspecified atom stereocenters. The first-order valence-corrected chi connectivity index (χ1v) is 5.34. The van der Waals surface area contributed by atoms with Crippen molar-refractivity contribution in [2.45, 2.75) is 6.92 Å². The second kappa shape index (κ2) is 3.95. The van der Waals surface area contributed by atoms with Gasteiger partial charge in [0.25, 0.3) is 0 Å². The van der Waals surface area contributed by atoms with Crippen molar-refractivity contribution in [2.75, 3.05) is 0 Å². The fourth-order valence-corrected chi connectivity index (χ4v) is 2.43. The second-order valence-electron chi connectivity index (χ2n) is 3.25. The van der Waals surface area contributed by atoms with Crippen LogP contribution < -0.4 is 0 Å². The average molecular weight is 220 g/mol. The predicted octanol–water partition coefficient (Wildman–Crippen LogP) is 3.68. The van der Waals surface area contributed by atoms with Crippen LogP contribution in [0.4, 0.5) is 4.39 Å². The zero-order valence-electron chi connectivity index (χ0n) is 8.16. The Morgan fingerprint density at radius 2 is 2.07 bits per heavy atom. The van der Waals surface area contributed by atoms with Crippen molar-refractivity contribution < 1.29 is 9.18 Å². The molecule has 1 heterocycles.